The molecule has 0 fully saturated rings. The molecule has 0 aliphatic rings. The number of nitrogens with zero attached hydrogens (tertiary/aromatic N) is 6. The van der Waals surface area contributed by atoms with Crippen LogP contribution in [-0.2, 0) is 40.9 Å². The summed E-state index contributed by atoms with van der Waals surface area (Å²) in [6, 6.07) is 11.0. The molecule has 0 aliphatic heterocycles. The number of pyridine rings is 2. The second kappa shape index (κ2) is 14.2. The maximum Gasteiger partial charge on any atom is 2.00 e. The van der Waals surface area contributed by atoms with Gasteiger partial charge in [-0.1, -0.05) is 12.1 Å². The van der Waals surface area contributed by atoms with E-state index >= 15 is 0 Å². The Morgan fingerprint density at radius 3 is 1.52 bits per heavy atom. The SMILES string of the molecule is NC(=[SH+])[N-]N=Cc1ccccn1.NC(=[SH+])[N-]N=Cc1ccccn1.[Ni+2]. The van der Waals surface area contributed by atoms with Gasteiger partial charge in [0.2, 0.25) is 0 Å². The van der Waals surface area contributed by atoms with Crippen LogP contribution in [0, 0.1) is 0 Å². The van der Waals surface area contributed by atoms with E-state index in [1.54, 1.807) is 12.4 Å². The molecular formula is C14H16N8NiS2+2. The van der Waals surface area contributed by atoms with Crippen molar-refractivity contribution in [1.82, 2.24) is 9.97 Å². The van der Waals surface area contributed by atoms with Crippen molar-refractivity contribution in [2.75, 3.05) is 0 Å². The first kappa shape index (κ1) is 22.8. The molecule has 0 aliphatic carbocycles. The molecule has 0 amide bonds. The van der Waals surface area contributed by atoms with Gasteiger partial charge < -0.3 is 21.1 Å². The molecule has 2 rings (SSSR count). The quantitative estimate of drug-likeness (QED) is 0.183. The number of aromatic nitrogens is 2. The summed E-state index contributed by atoms with van der Waals surface area (Å²) in [6.07, 6.45) is 6.36. The van der Waals surface area contributed by atoms with Crippen molar-refractivity contribution in [1.29, 1.82) is 0 Å². The van der Waals surface area contributed by atoms with Crippen LogP contribution < -0.4 is 11.5 Å². The van der Waals surface area contributed by atoms with E-state index < -0.39 is 0 Å². The maximum atomic E-state index is 5.14. The minimum atomic E-state index is 0. The van der Waals surface area contributed by atoms with Crippen molar-refractivity contribution in [3.05, 3.63) is 71.0 Å². The summed E-state index contributed by atoms with van der Waals surface area (Å²) in [7, 11) is 0. The van der Waals surface area contributed by atoms with Crippen molar-refractivity contribution < 1.29 is 16.5 Å². The number of hydrogen-bond donors (Lipinski definition) is 2. The molecule has 25 heavy (non-hydrogen) atoms. The summed E-state index contributed by atoms with van der Waals surface area (Å²) >= 11 is 7.48. The fraction of sp³-hybridized carbons (Fsp3) is 0. The standard InChI is InChI=1S/2C7H8N4S.Ni/c2*8-7(12)11-10-5-6-3-1-2-4-9-6;/h2*1-5H,(H3,8,9,11,12);/q;;+2. The summed E-state index contributed by atoms with van der Waals surface area (Å²) in [6.45, 7) is 0. The van der Waals surface area contributed by atoms with Crippen LogP contribution in [0.4, 0.5) is 0 Å². The van der Waals surface area contributed by atoms with E-state index in [1.165, 1.54) is 12.4 Å². The minimum Gasteiger partial charge on any atom is -0.515 e. The third kappa shape index (κ3) is 12.9. The van der Waals surface area contributed by atoms with Crippen molar-refractivity contribution in [2.24, 2.45) is 21.7 Å². The van der Waals surface area contributed by atoms with Gasteiger partial charge in [0, 0.05) is 24.8 Å². The zero-order valence-corrected chi connectivity index (χ0v) is 15.6. The molecule has 11 heteroatoms. The molecule has 0 radical (unpaired) electrons. The Hall–Kier alpha value is -2.17. The van der Waals surface area contributed by atoms with E-state index in [1.807, 2.05) is 36.4 Å². The summed E-state index contributed by atoms with van der Waals surface area (Å²) < 4.78 is 0. The van der Waals surface area contributed by atoms with Gasteiger partial charge in [0.15, 0.2) is 34.7 Å². The summed E-state index contributed by atoms with van der Waals surface area (Å²) in [5.41, 5.74) is 18.8. The monoisotopic (exact) mass is 418 g/mol. The Morgan fingerprint density at radius 1 is 0.840 bits per heavy atom. The van der Waals surface area contributed by atoms with Crippen LogP contribution in [0.15, 0.2) is 59.0 Å². The fourth-order valence-electron chi connectivity index (χ4n) is 1.20. The van der Waals surface area contributed by atoms with Gasteiger partial charge in [-0.15, -0.1) is 0 Å². The van der Waals surface area contributed by atoms with Gasteiger partial charge in [0.05, 0.1) is 11.4 Å². The van der Waals surface area contributed by atoms with Crippen LogP contribution in [0.25, 0.3) is 10.9 Å². The molecule has 8 nitrogen and oxygen atoms in total. The molecule has 0 bridgehead atoms. The molecule has 0 saturated carbocycles. The van der Waals surface area contributed by atoms with Crippen LogP contribution in [0.1, 0.15) is 11.4 Å². The molecule has 0 unspecified atom stereocenters. The van der Waals surface area contributed by atoms with Crippen LogP contribution in [0.5, 0.6) is 0 Å². The number of rotatable bonds is 4. The van der Waals surface area contributed by atoms with E-state index in [0.717, 1.165) is 11.4 Å². The van der Waals surface area contributed by atoms with Gasteiger partial charge in [-0.2, -0.15) is 0 Å². The van der Waals surface area contributed by atoms with Crippen LogP contribution in [-0.4, -0.2) is 32.6 Å². The van der Waals surface area contributed by atoms with Gasteiger partial charge in [0.1, 0.15) is 0 Å². The molecular weight excluding hydrogens is 403 g/mol. The van der Waals surface area contributed by atoms with E-state index in [0.29, 0.717) is 0 Å². The second-order valence-corrected chi connectivity index (χ2v) is 4.83. The van der Waals surface area contributed by atoms with E-state index in [4.69, 9.17) is 11.5 Å². The minimum absolute atomic E-state index is 0. The molecule has 2 aromatic rings. The largest absolute Gasteiger partial charge is 2.00 e. The summed E-state index contributed by atoms with van der Waals surface area (Å²) in [5.74, 6) is 0. The first-order chi connectivity index (χ1) is 11.6. The van der Waals surface area contributed by atoms with Crippen molar-refractivity contribution in [3.63, 3.8) is 0 Å². The predicted molar refractivity (Wildman–Crippen MR) is 106 cm³/mol. The van der Waals surface area contributed by atoms with Crippen LogP contribution in [0.2, 0.25) is 0 Å². The smallest absolute Gasteiger partial charge is 0.515 e. The molecule has 0 spiro atoms. The zero-order chi connectivity index (χ0) is 17.6. The van der Waals surface area contributed by atoms with Gasteiger partial charge in [0.25, 0.3) is 0 Å². The van der Waals surface area contributed by atoms with Gasteiger partial charge in [-0.05, 0) is 24.3 Å². The molecule has 0 atom stereocenters. The first-order valence-electron chi connectivity index (χ1n) is 6.51. The van der Waals surface area contributed by atoms with Crippen LogP contribution >= 0.6 is 0 Å². The predicted octanol–water partition coefficient (Wildman–Crippen LogP) is 0.227. The van der Waals surface area contributed by atoms with Gasteiger partial charge in [-0.3, -0.25) is 21.4 Å². The van der Waals surface area contributed by atoms with E-state index in [2.05, 4.69) is 55.5 Å². The molecule has 132 valence electrons. The Morgan fingerprint density at radius 2 is 1.24 bits per heavy atom. The topological polar surface area (TPSA) is 131 Å². The Balaban J connectivity index is 0.000000443. The summed E-state index contributed by atoms with van der Waals surface area (Å²) in [5, 5.41) is 7.53. The molecule has 0 saturated heterocycles. The second-order valence-electron chi connectivity index (χ2n) is 3.91. The normalized spacial score (nSPS) is 9.68. The van der Waals surface area contributed by atoms with E-state index in [-0.39, 0.29) is 26.7 Å². The average molecular weight is 419 g/mol. The average Bonchev–Trinajstić information content (AvgIpc) is 2.57. The summed E-state index contributed by atoms with van der Waals surface area (Å²) in [4.78, 5) is 7.98. The molecule has 2 heterocycles. The van der Waals surface area contributed by atoms with Crippen molar-refractivity contribution in [2.45, 2.75) is 0 Å². The number of nitrogens with two attached hydrogens (primary N) is 2. The maximum absolute atomic E-state index is 5.14. The third-order valence-corrected chi connectivity index (χ3v) is 2.25. The Bertz CT molecular complexity index is 633. The van der Waals surface area contributed by atoms with Crippen LogP contribution in [0.3, 0.4) is 0 Å². The number of hydrogen-bond acceptors (Lipinski definition) is 4. The number of thiol groups is 2. The van der Waals surface area contributed by atoms with E-state index in [9.17, 15) is 0 Å². The third-order valence-electron chi connectivity index (χ3n) is 2.08. The van der Waals surface area contributed by atoms with Crippen molar-refractivity contribution >= 4 is 47.1 Å². The molecule has 4 N–H and O–H groups in total. The van der Waals surface area contributed by atoms with Gasteiger partial charge >= 0.3 is 16.5 Å². The first-order valence-corrected chi connectivity index (χ1v) is 7.40. The molecule has 2 aromatic heterocycles. The Labute approximate surface area is 166 Å². The zero-order valence-electron chi connectivity index (χ0n) is 12.8. The fourth-order valence-corrected chi connectivity index (χ4v) is 1.30. The van der Waals surface area contributed by atoms with Gasteiger partial charge in [-0.25, -0.2) is 0 Å². The Kier molecular flexibility index (Phi) is 13.0. The van der Waals surface area contributed by atoms with Crippen molar-refractivity contribution in [3.8, 4) is 0 Å². The molecule has 0 aromatic carbocycles.